The van der Waals surface area contributed by atoms with E-state index in [2.05, 4.69) is 25.2 Å². The molecular weight excluding hydrogens is 200 g/mol. The van der Waals surface area contributed by atoms with Crippen LogP contribution in [0.2, 0.25) is 0 Å². The Balaban J connectivity index is 4.29. The van der Waals surface area contributed by atoms with Crippen LogP contribution < -0.4 is 5.32 Å². The van der Waals surface area contributed by atoms with E-state index in [0.717, 1.165) is 13.0 Å². The van der Waals surface area contributed by atoms with Gasteiger partial charge in [-0.1, -0.05) is 13.8 Å². The van der Waals surface area contributed by atoms with Gasteiger partial charge in [0.1, 0.15) is 0 Å². The molecule has 0 amide bonds. The Labute approximate surface area is 99.9 Å². The van der Waals surface area contributed by atoms with Crippen molar-refractivity contribution in [3.8, 4) is 6.07 Å². The third-order valence-electron chi connectivity index (χ3n) is 3.45. The predicted octanol–water partition coefficient (Wildman–Crippen LogP) is 2.46. The lowest BCUT2D eigenvalue weighted by Crippen LogP contribution is -2.57. The highest BCUT2D eigenvalue weighted by Gasteiger charge is 2.35. The van der Waals surface area contributed by atoms with E-state index in [1.165, 1.54) is 0 Å². The van der Waals surface area contributed by atoms with Gasteiger partial charge in [-0.25, -0.2) is 0 Å². The normalized spacial score (nSPS) is 13.6. The molecule has 16 heavy (non-hydrogen) atoms. The molecule has 0 aromatic carbocycles. The molecule has 3 heteroatoms. The summed E-state index contributed by atoms with van der Waals surface area (Å²) in [7, 11) is 0. The minimum absolute atomic E-state index is 0.0816. The number of nitrogens with zero attached hydrogens (tertiary/aromatic N) is 1. The average Bonchev–Trinajstić information content (AvgIpc) is 2.10. The van der Waals surface area contributed by atoms with Gasteiger partial charge in [-0.05, 0) is 39.5 Å². The van der Waals surface area contributed by atoms with Crippen molar-refractivity contribution in [1.29, 1.82) is 5.26 Å². The maximum atomic E-state index is 10.0. The van der Waals surface area contributed by atoms with Crippen molar-refractivity contribution in [2.45, 2.75) is 65.5 Å². The smallest absolute Gasteiger partial charge is 0.0767 e. The van der Waals surface area contributed by atoms with Crippen molar-refractivity contribution in [2.75, 3.05) is 6.54 Å². The van der Waals surface area contributed by atoms with Crippen LogP contribution in [0.3, 0.4) is 0 Å². The summed E-state index contributed by atoms with van der Waals surface area (Å²) in [5.74, 6) is 0. The van der Waals surface area contributed by atoms with E-state index in [1.54, 1.807) is 0 Å². The number of hydrogen-bond donors (Lipinski definition) is 2. The molecule has 0 aliphatic carbocycles. The van der Waals surface area contributed by atoms with Crippen LogP contribution >= 0.6 is 0 Å². The quantitative estimate of drug-likeness (QED) is 0.731. The zero-order valence-corrected chi connectivity index (χ0v) is 11.5. The summed E-state index contributed by atoms with van der Waals surface area (Å²) in [6.45, 7) is 12.7. The number of rotatable bonds is 6. The number of aliphatic hydroxyl groups is 1. The second kappa shape index (κ2) is 5.16. The SMILES string of the molecule is CC(C)(CCC#N)CNC(C)(C)C(C)(C)O. The van der Waals surface area contributed by atoms with Gasteiger partial charge < -0.3 is 10.4 Å². The Morgan fingerprint density at radius 2 is 1.62 bits per heavy atom. The molecule has 0 rings (SSSR count). The Hall–Kier alpha value is -0.590. The Kier molecular flexibility index (Phi) is 4.97. The first kappa shape index (κ1) is 15.4. The monoisotopic (exact) mass is 226 g/mol. The molecule has 0 saturated heterocycles. The second-order valence-electron chi connectivity index (χ2n) is 6.36. The highest BCUT2D eigenvalue weighted by Crippen LogP contribution is 2.25. The fourth-order valence-corrected chi connectivity index (χ4v) is 1.16. The summed E-state index contributed by atoms with van der Waals surface area (Å²) in [4.78, 5) is 0. The van der Waals surface area contributed by atoms with E-state index in [-0.39, 0.29) is 11.0 Å². The molecule has 3 nitrogen and oxygen atoms in total. The van der Waals surface area contributed by atoms with E-state index < -0.39 is 5.60 Å². The van der Waals surface area contributed by atoms with Crippen LogP contribution in [0.1, 0.15) is 54.4 Å². The second-order valence-corrected chi connectivity index (χ2v) is 6.36. The van der Waals surface area contributed by atoms with Crippen LogP contribution in [-0.2, 0) is 0 Å². The van der Waals surface area contributed by atoms with E-state index in [1.807, 2.05) is 27.7 Å². The largest absolute Gasteiger partial charge is 0.389 e. The van der Waals surface area contributed by atoms with Gasteiger partial charge in [-0.3, -0.25) is 0 Å². The average molecular weight is 226 g/mol. The Morgan fingerprint density at radius 1 is 1.12 bits per heavy atom. The van der Waals surface area contributed by atoms with E-state index in [4.69, 9.17) is 5.26 Å². The molecule has 0 heterocycles. The molecular formula is C13H26N2O. The summed E-state index contributed by atoms with van der Waals surface area (Å²) in [5.41, 5.74) is -1.02. The van der Waals surface area contributed by atoms with Gasteiger partial charge in [-0.15, -0.1) is 0 Å². The third-order valence-corrected chi connectivity index (χ3v) is 3.45. The zero-order chi connectivity index (χ0) is 13.0. The molecule has 94 valence electrons. The van der Waals surface area contributed by atoms with Gasteiger partial charge in [0.25, 0.3) is 0 Å². The van der Waals surface area contributed by atoms with Gasteiger partial charge in [0.05, 0.1) is 11.7 Å². The lowest BCUT2D eigenvalue weighted by molar-refractivity contribution is -0.00865. The van der Waals surface area contributed by atoms with E-state index >= 15 is 0 Å². The van der Waals surface area contributed by atoms with Crippen LogP contribution in [0, 0.1) is 16.7 Å². The molecule has 0 aliphatic heterocycles. The molecule has 0 atom stereocenters. The van der Waals surface area contributed by atoms with Crippen molar-refractivity contribution < 1.29 is 5.11 Å². The minimum Gasteiger partial charge on any atom is -0.389 e. The van der Waals surface area contributed by atoms with Crippen LogP contribution in [0.25, 0.3) is 0 Å². The number of nitrogens with one attached hydrogen (secondary N) is 1. The lowest BCUT2D eigenvalue weighted by Gasteiger charge is -2.40. The molecule has 0 aliphatic rings. The molecule has 0 fully saturated rings. The summed E-state index contributed by atoms with van der Waals surface area (Å²) in [6, 6.07) is 2.17. The molecule has 0 bridgehead atoms. The predicted molar refractivity (Wildman–Crippen MR) is 67.0 cm³/mol. The number of hydrogen-bond acceptors (Lipinski definition) is 3. The molecule has 0 unspecified atom stereocenters. The van der Waals surface area contributed by atoms with Crippen LogP contribution in [-0.4, -0.2) is 22.8 Å². The topological polar surface area (TPSA) is 56.0 Å². The maximum Gasteiger partial charge on any atom is 0.0767 e. The third kappa shape index (κ3) is 4.96. The van der Waals surface area contributed by atoms with Gasteiger partial charge in [-0.2, -0.15) is 5.26 Å². The van der Waals surface area contributed by atoms with E-state index in [9.17, 15) is 5.11 Å². The van der Waals surface area contributed by atoms with Crippen molar-refractivity contribution in [3.05, 3.63) is 0 Å². The van der Waals surface area contributed by atoms with Gasteiger partial charge in [0, 0.05) is 18.5 Å². The first-order valence-corrected chi connectivity index (χ1v) is 5.86. The molecule has 0 spiro atoms. The number of nitriles is 1. The highest BCUT2D eigenvalue weighted by molar-refractivity contribution is 4.94. The fourth-order valence-electron chi connectivity index (χ4n) is 1.16. The molecule has 0 aromatic rings. The molecule has 0 saturated carbocycles. The molecule has 0 aromatic heterocycles. The van der Waals surface area contributed by atoms with Gasteiger partial charge >= 0.3 is 0 Å². The standard InChI is InChI=1S/C13H26N2O/c1-11(2,8-7-9-14)10-15-12(3,4)13(5,6)16/h15-16H,7-8,10H2,1-6H3. The summed E-state index contributed by atoms with van der Waals surface area (Å²) >= 11 is 0. The van der Waals surface area contributed by atoms with Crippen molar-refractivity contribution in [3.63, 3.8) is 0 Å². The van der Waals surface area contributed by atoms with Crippen molar-refractivity contribution in [1.82, 2.24) is 5.32 Å². The van der Waals surface area contributed by atoms with Gasteiger partial charge in [0.15, 0.2) is 0 Å². The summed E-state index contributed by atoms with van der Waals surface area (Å²) in [5, 5.41) is 22.0. The Morgan fingerprint density at radius 3 is 2.00 bits per heavy atom. The first-order valence-electron chi connectivity index (χ1n) is 5.86. The maximum absolute atomic E-state index is 10.0. The van der Waals surface area contributed by atoms with Crippen molar-refractivity contribution in [2.24, 2.45) is 5.41 Å². The van der Waals surface area contributed by atoms with Crippen LogP contribution in [0.5, 0.6) is 0 Å². The van der Waals surface area contributed by atoms with Crippen LogP contribution in [0.4, 0.5) is 0 Å². The minimum atomic E-state index is -0.766. The van der Waals surface area contributed by atoms with E-state index in [0.29, 0.717) is 6.42 Å². The molecule has 2 N–H and O–H groups in total. The fraction of sp³-hybridized carbons (Fsp3) is 0.923. The first-order chi connectivity index (χ1) is 7.02. The zero-order valence-electron chi connectivity index (χ0n) is 11.5. The van der Waals surface area contributed by atoms with Gasteiger partial charge in [0.2, 0.25) is 0 Å². The Bertz CT molecular complexity index is 256. The lowest BCUT2D eigenvalue weighted by atomic mass is 9.82. The molecule has 0 radical (unpaired) electrons. The van der Waals surface area contributed by atoms with Crippen LogP contribution in [0.15, 0.2) is 0 Å². The summed E-state index contributed by atoms with van der Waals surface area (Å²) in [6.07, 6.45) is 1.45. The van der Waals surface area contributed by atoms with Crippen molar-refractivity contribution >= 4 is 0 Å². The highest BCUT2D eigenvalue weighted by atomic mass is 16.3. The summed E-state index contributed by atoms with van der Waals surface area (Å²) < 4.78 is 0.